The van der Waals surface area contributed by atoms with Crippen LogP contribution in [0.15, 0.2) is 126 Å². The molecule has 1 heterocycles. The smallest absolute Gasteiger partial charge is 0.333 e. The number of hydrogen-bond acceptors (Lipinski definition) is 5. The molecule has 0 saturated heterocycles. The predicted molar refractivity (Wildman–Crippen MR) is 189 cm³/mol. The van der Waals surface area contributed by atoms with Crippen LogP contribution in [0.4, 0.5) is 0 Å². The summed E-state index contributed by atoms with van der Waals surface area (Å²) in [6.07, 6.45) is 1.59. The van der Waals surface area contributed by atoms with Gasteiger partial charge in [0.25, 0.3) is 0 Å². The number of carbonyl (C=O) groups is 1. The van der Waals surface area contributed by atoms with Crippen molar-refractivity contribution in [2.75, 3.05) is 19.5 Å². The first-order chi connectivity index (χ1) is 22.5. The van der Waals surface area contributed by atoms with Crippen LogP contribution in [0.5, 0.6) is 5.75 Å². The highest BCUT2D eigenvalue weighted by molar-refractivity contribution is 7.98. The summed E-state index contributed by atoms with van der Waals surface area (Å²) in [4.78, 5) is 12.5. The number of aliphatic carboxylic acids is 1. The Labute approximate surface area is 277 Å². The normalized spacial score (nSPS) is 11.4. The Hall–Kier alpha value is -4.30. The van der Waals surface area contributed by atoms with Gasteiger partial charge in [0, 0.05) is 42.4 Å². The number of nitrogens with one attached hydrogen (secondary N) is 1. The number of carboxylic acid groups (broad SMARTS) is 1. The summed E-state index contributed by atoms with van der Waals surface area (Å²) in [6, 6.07) is 41.3. The van der Waals surface area contributed by atoms with Crippen LogP contribution in [-0.4, -0.2) is 41.2 Å². The Morgan fingerprint density at radius 3 is 1.96 bits per heavy atom. The Kier molecular flexibility index (Phi) is 14.0. The van der Waals surface area contributed by atoms with Gasteiger partial charge in [0.1, 0.15) is 12.4 Å². The molecule has 4 aromatic carbocycles. The van der Waals surface area contributed by atoms with Gasteiger partial charge in [-0.1, -0.05) is 84.9 Å². The van der Waals surface area contributed by atoms with Gasteiger partial charge in [0.15, 0.2) is 6.10 Å². The van der Waals surface area contributed by atoms with Crippen molar-refractivity contribution in [3.05, 3.63) is 144 Å². The number of aryl methyl sites for hydroxylation is 1. The molecule has 1 aromatic heterocycles. The first-order valence-electron chi connectivity index (χ1n) is 15.6. The minimum absolute atomic E-state index is 0.338. The zero-order valence-corrected chi connectivity index (χ0v) is 27.7. The summed E-state index contributed by atoms with van der Waals surface area (Å²) >= 11 is 1.74. The molecule has 240 valence electrons. The van der Waals surface area contributed by atoms with Gasteiger partial charge < -0.3 is 24.5 Å². The maximum atomic E-state index is 11.3. The first kappa shape index (κ1) is 34.6. The number of thioether (sulfide) groups is 1. The van der Waals surface area contributed by atoms with Crippen LogP contribution in [0.2, 0.25) is 0 Å². The van der Waals surface area contributed by atoms with Crippen LogP contribution < -0.4 is 10.1 Å². The molecule has 0 saturated carbocycles. The minimum atomic E-state index is -0.942. The number of aromatic nitrogens is 1. The molecule has 1 atom stereocenters. The molecule has 6 nitrogen and oxygen atoms in total. The van der Waals surface area contributed by atoms with Gasteiger partial charge in [-0.3, -0.25) is 0 Å². The van der Waals surface area contributed by atoms with Gasteiger partial charge in [0.05, 0.1) is 6.54 Å². The van der Waals surface area contributed by atoms with E-state index in [2.05, 4.69) is 108 Å². The molecule has 0 unspecified atom stereocenters. The quantitative estimate of drug-likeness (QED) is 0.113. The van der Waals surface area contributed by atoms with E-state index >= 15 is 0 Å². The highest BCUT2D eigenvalue weighted by Gasteiger charge is 2.17. The summed E-state index contributed by atoms with van der Waals surface area (Å²) in [5.41, 5.74) is 7.13. The zero-order chi connectivity index (χ0) is 32.6. The minimum Gasteiger partial charge on any atom is -0.492 e. The third-order valence-electron chi connectivity index (χ3n) is 7.50. The molecule has 2 N–H and O–H groups in total. The van der Waals surface area contributed by atoms with Crippen molar-refractivity contribution in [3.63, 3.8) is 0 Å². The molecule has 0 spiro atoms. The second kappa shape index (κ2) is 18.6. The molecule has 0 fully saturated rings. The van der Waals surface area contributed by atoms with Crippen LogP contribution in [0.3, 0.4) is 0 Å². The average Bonchev–Trinajstić information content (AvgIpc) is 3.46. The maximum Gasteiger partial charge on any atom is 0.333 e. The summed E-state index contributed by atoms with van der Waals surface area (Å²) in [6.45, 7) is 7.41. The van der Waals surface area contributed by atoms with E-state index in [0.29, 0.717) is 19.6 Å². The lowest BCUT2D eigenvalue weighted by Gasteiger charge is -2.14. The van der Waals surface area contributed by atoms with Gasteiger partial charge in [0.2, 0.25) is 0 Å². The second-order valence-electron chi connectivity index (χ2n) is 10.8. The van der Waals surface area contributed by atoms with Crippen molar-refractivity contribution in [1.82, 2.24) is 9.88 Å². The van der Waals surface area contributed by atoms with Crippen molar-refractivity contribution < 1.29 is 19.4 Å². The third-order valence-corrected chi connectivity index (χ3v) is 8.24. The SMILES string of the molecule is CCO[C@@H](Cc1ccc(OCCn2c(C)ccc2-c2ccc(SC)cc2)cc1)C(=O)O.c1ccc(CNCc2ccccc2)cc1. The number of benzene rings is 4. The van der Waals surface area contributed by atoms with Crippen LogP contribution in [0, 0.1) is 6.92 Å². The van der Waals surface area contributed by atoms with E-state index in [4.69, 9.17) is 9.47 Å². The van der Waals surface area contributed by atoms with E-state index < -0.39 is 12.1 Å². The zero-order valence-electron chi connectivity index (χ0n) is 26.9. The molecule has 0 aliphatic rings. The number of carboxylic acids is 1. The van der Waals surface area contributed by atoms with Crippen molar-refractivity contribution >= 4 is 17.7 Å². The van der Waals surface area contributed by atoms with Gasteiger partial charge in [-0.25, -0.2) is 4.79 Å². The molecule has 0 radical (unpaired) electrons. The van der Waals surface area contributed by atoms with Crippen LogP contribution in [0.25, 0.3) is 11.3 Å². The van der Waals surface area contributed by atoms with E-state index in [1.807, 2.05) is 36.4 Å². The highest BCUT2D eigenvalue weighted by Crippen LogP contribution is 2.25. The fourth-order valence-electron chi connectivity index (χ4n) is 5.03. The lowest BCUT2D eigenvalue weighted by Crippen LogP contribution is -2.26. The second-order valence-corrected chi connectivity index (χ2v) is 11.7. The molecule has 0 aliphatic carbocycles. The van der Waals surface area contributed by atoms with E-state index in [-0.39, 0.29) is 0 Å². The van der Waals surface area contributed by atoms with Crippen molar-refractivity contribution in [1.29, 1.82) is 0 Å². The van der Waals surface area contributed by atoms with Gasteiger partial charge in [-0.05, 0) is 78.8 Å². The monoisotopic (exact) mass is 636 g/mol. The lowest BCUT2D eigenvalue weighted by atomic mass is 10.1. The maximum absolute atomic E-state index is 11.3. The van der Waals surface area contributed by atoms with Crippen LogP contribution in [0.1, 0.15) is 29.3 Å². The van der Waals surface area contributed by atoms with Crippen LogP contribution >= 0.6 is 11.8 Å². The van der Waals surface area contributed by atoms with E-state index in [0.717, 1.165) is 30.9 Å². The lowest BCUT2D eigenvalue weighted by molar-refractivity contribution is -0.149. The van der Waals surface area contributed by atoms with E-state index in [9.17, 15) is 9.90 Å². The highest BCUT2D eigenvalue weighted by atomic mass is 32.2. The molecule has 5 rings (SSSR count). The Morgan fingerprint density at radius 1 is 0.804 bits per heavy atom. The van der Waals surface area contributed by atoms with Gasteiger partial charge in [-0.2, -0.15) is 0 Å². The Balaban J connectivity index is 0.000000266. The molecule has 0 amide bonds. The molecular formula is C39H44N2O4S. The molecule has 7 heteroatoms. The molecule has 5 aromatic rings. The summed E-state index contributed by atoms with van der Waals surface area (Å²) < 4.78 is 13.5. The Bertz CT molecular complexity index is 1550. The van der Waals surface area contributed by atoms with E-state index in [1.54, 1.807) is 18.7 Å². The fraction of sp³-hybridized carbons (Fsp3) is 0.256. The molecule has 46 heavy (non-hydrogen) atoms. The van der Waals surface area contributed by atoms with Gasteiger partial charge >= 0.3 is 5.97 Å². The number of ether oxygens (including phenoxy) is 2. The Morgan fingerprint density at radius 2 is 1.41 bits per heavy atom. The molecular weight excluding hydrogens is 593 g/mol. The van der Waals surface area contributed by atoms with Crippen molar-refractivity contribution in [2.24, 2.45) is 0 Å². The number of hydrogen-bond donors (Lipinski definition) is 2. The summed E-state index contributed by atoms with van der Waals surface area (Å²) in [5, 5.41) is 12.6. The third kappa shape index (κ3) is 10.9. The molecule has 0 bridgehead atoms. The van der Waals surface area contributed by atoms with E-state index in [1.165, 1.54) is 33.0 Å². The topological polar surface area (TPSA) is 72.7 Å². The largest absolute Gasteiger partial charge is 0.492 e. The van der Waals surface area contributed by atoms with Crippen molar-refractivity contribution in [2.45, 2.75) is 50.9 Å². The number of nitrogens with zero attached hydrogens (tertiary/aromatic N) is 1. The first-order valence-corrected chi connectivity index (χ1v) is 16.8. The summed E-state index contributed by atoms with van der Waals surface area (Å²) in [5.74, 6) is -0.175. The van der Waals surface area contributed by atoms with Gasteiger partial charge in [-0.15, -0.1) is 11.8 Å². The van der Waals surface area contributed by atoms with Crippen LogP contribution in [-0.2, 0) is 35.6 Å². The summed E-state index contributed by atoms with van der Waals surface area (Å²) in [7, 11) is 0. The standard InChI is InChI=1S/C25H29NO4S.C14H15N/c1-4-29-24(25(27)28)17-19-6-10-21(11-7-19)30-16-15-26-18(2)5-14-23(26)20-8-12-22(31-3)13-9-20;1-3-7-13(8-4-1)11-15-12-14-9-5-2-6-10-14/h5-14,24H,4,15-17H2,1-3H3,(H,27,28);1-10,15H,11-12H2/t24-;/m0./s1. The average molecular weight is 637 g/mol. The number of rotatable bonds is 15. The predicted octanol–water partition coefficient (Wildman–Crippen LogP) is 8.27. The fourth-order valence-corrected chi connectivity index (χ4v) is 5.44. The molecule has 0 aliphatic heterocycles. The van der Waals surface area contributed by atoms with Crippen molar-refractivity contribution in [3.8, 4) is 17.0 Å².